The van der Waals surface area contributed by atoms with Gasteiger partial charge in [0.15, 0.2) is 5.82 Å². The van der Waals surface area contributed by atoms with Crippen molar-refractivity contribution in [3.05, 3.63) is 27.5 Å². The fraction of sp³-hybridized carbons (Fsp3) is 0.385. The Kier molecular flexibility index (Phi) is 3.81. The molecule has 3 rings (SSSR count). The lowest BCUT2D eigenvalue weighted by atomic mass is 10.2. The van der Waals surface area contributed by atoms with Crippen LogP contribution in [0.25, 0.3) is 10.6 Å². The van der Waals surface area contributed by atoms with Gasteiger partial charge < -0.3 is 10.2 Å². The molecule has 2 aromatic rings. The molecule has 0 spiro atoms. The Morgan fingerprint density at radius 3 is 2.68 bits per heavy atom. The van der Waals surface area contributed by atoms with Gasteiger partial charge in [-0.2, -0.15) is 0 Å². The maximum atomic E-state index is 4.43. The van der Waals surface area contributed by atoms with E-state index in [-0.39, 0.29) is 0 Å². The van der Waals surface area contributed by atoms with Gasteiger partial charge in [0.25, 0.3) is 0 Å². The lowest BCUT2D eigenvalue weighted by molar-refractivity contribution is 0.581. The number of thiophene rings is 1. The summed E-state index contributed by atoms with van der Waals surface area (Å²) >= 11 is 5.15. The molecule has 2 aromatic heterocycles. The molecule has 6 heteroatoms. The van der Waals surface area contributed by atoms with Gasteiger partial charge in [0, 0.05) is 36.0 Å². The van der Waals surface area contributed by atoms with Crippen molar-refractivity contribution in [2.24, 2.45) is 0 Å². The van der Waals surface area contributed by atoms with Crippen LogP contribution in [-0.4, -0.2) is 36.4 Å². The van der Waals surface area contributed by atoms with Crippen molar-refractivity contribution in [1.82, 2.24) is 15.5 Å². The summed E-state index contributed by atoms with van der Waals surface area (Å²) in [7, 11) is 0. The van der Waals surface area contributed by atoms with Gasteiger partial charge in [-0.05, 0) is 40.5 Å². The number of hydrogen-bond donors (Lipinski definition) is 1. The van der Waals surface area contributed by atoms with Crippen LogP contribution in [0.3, 0.4) is 0 Å². The number of rotatable bonds is 2. The summed E-state index contributed by atoms with van der Waals surface area (Å²) in [6, 6.07) is 4.21. The molecule has 3 heterocycles. The molecule has 0 radical (unpaired) electrons. The highest BCUT2D eigenvalue weighted by Crippen LogP contribution is 2.30. The van der Waals surface area contributed by atoms with Crippen LogP contribution in [0.5, 0.6) is 0 Å². The van der Waals surface area contributed by atoms with Crippen LogP contribution in [0, 0.1) is 6.92 Å². The number of aryl methyl sites for hydroxylation is 1. The molecule has 0 amide bonds. The SMILES string of the molecule is Cc1cc(-c2cc(Br)cs2)nnc1N1CCNCC1. The van der Waals surface area contributed by atoms with Crippen molar-refractivity contribution < 1.29 is 0 Å². The number of anilines is 1. The zero-order chi connectivity index (χ0) is 13.2. The van der Waals surface area contributed by atoms with Crippen LogP contribution in [0.1, 0.15) is 5.56 Å². The predicted molar refractivity (Wildman–Crippen MR) is 82.9 cm³/mol. The molecule has 1 N–H and O–H groups in total. The summed E-state index contributed by atoms with van der Waals surface area (Å²) in [5.41, 5.74) is 2.14. The van der Waals surface area contributed by atoms with E-state index in [4.69, 9.17) is 0 Å². The first kappa shape index (κ1) is 13.0. The highest BCUT2D eigenvalue weighted by molar-refractivity contribution is 9.10. The van der Waals surface area contributed by atoms with Crippen LogP contribution in [-0.2, 0) is 0 Å². The molecular weight excluding hydrogens is 324 g/mol. The number of aromatic nitrogens is 2. The second kappa shape index (κ2) is 5.56. The van der Waals surface area contributed by atoms with Crippen LogP contribution >= 0.6 is 27.3 Å². The highest BCUT2D eigenvalue weighted by Gasteiger charge is 2.15. The third-order valence-corrected chi connectivity index (χ3v) is 4.91. The molecule has 0 saturated carbocycles. The quantitative estimate of drug-likeness (QED) is 0.913. The molecule has 0 unspecified atom stereocenters. The van der Waals surface area contributed by atoms with E-state index in [1.54, 1.807) is 11.3 Å². The molecule has 0 aromatic carbocycles. The maximum Gasteiger partial charge on any atom is 0.154 e. The van der Waals surface area contributed by atoms with Gasteiger partial charge in [0.2, 0.25) is 0 Å². The predicted octanol–water partition coefficient (Wildman–Crippen LogP) is 2.69. The molecule has 1 saturated heterocycles. The van der Waals surface area contributed by atoms with Gasteiger partial charge in [-0.3, -0.25) is 0 Å². The van der Waals surface area contributed by atoms with Crippen LogP contribution in [0.4, 0.5) is 5.82 Å². The molecule has 1 fully saturated rings. The number of halogens is 1. The van der Waals surface area contributed by atoms with E-state index < -0.39 is 0 Å². The zero-order valence-corrected chi connectivity index (χ0v) is 13.1. The monoisotopic (exact) mass is 338 g/mol. The summed E-state index contributed by atoms with van der Waals surface area (Å²) in [5, 5.41) is 14.2. The number of nitrogens with one attached hydrogen (secondary N) is 1. The van der Waals surface area contributed by atoms with E-state index >= 15 is 0 Å². The Labute approximate surface area is 125 Å². The largest absolute Gasteiger partial charge is 0.352 e. The van der Waals surface area contributed by atoms with Crippen LogP contribution in [0.15, 0.2) is 22.0 Å². The smallest absolute Gasteiger partial charge is 0.154 e. The van der Waals surface area contributed by atoms with Crippen molar-refractivity contribution in [2.75, 3.05) is 31.1 Å². The average molecular weight is 339 g/mol. The molecular formula is C13H15BrN4S. The summed E-state index contributed by atoms with van der Waals surface area (Å²) in [6.07, 6.45) is 0. The summed E-state index contributed by atoms with van der Waals surface area (Å²) in [6.45, 7) is 6.14. The van der Waals surface area contributed by atoms with Crippen molar-refractivity contribution in [1.29, 1.82) is 0 Å². The van der Waals surface area contributed by atoms with Gasteiger partial charge in [0.1, 0.15) is 5.69 Å². The Morgan fingerprint density at radius 1 is 1.26 bits per heavy atom. The van der Waals surface area contributed by atoms with Gasteiger partial charge in [-0.1, -0.05) is 0 Å². The second-order valence-electron chi connectivity index (χ2n) is 4.60. The van der Waals surface area contributed by atoms with E-state index in [2.05, 4.69) is 60.8 Å². The van der Waals surface area contributed by atoms with Gasteiger partial charge >= 0.3 is 0 Å². The molecule has 0 aliphatic carbocycles. The van der Waals surface area contributed by atoms with Crippen LogP contribution in [0.2, 0.25) is 0 Å². The van der Waals surface area contributed by atoms with Crippen molar-refractivity contribution >= 4 is 33.1 Å². The minimum atomic E-state index is 0.951. The van der Waals surface area contributed by atoms with E-state index in [1.165, 1.54) is 5.56 Å². The third-order valence-electron chi connectivity index (χ3n) is 3.19. The van der Waals surface area contributed by atoms with Gasteiger partial charge in [-0.25, -0.2) is 0 Å². The first-order valence-corrected chi connectivity index (χ1v) is 7.96. The van der Waals surface area contributed by atoms with E-state index in [0.29, 0.717) is 0 Å². The summed E-state index contributed by atoms with van der Waals surface area (Å²) < 4.78 is 1.10. The molecule has 0 atom stereocenters. The molecule has 1 aliphatic rings. The lowest BCUT2D eigenvalue weighted by Gasteiger charge is -2.29. The Balaban J connectivity index is 1.89. The van der Waals surface area contributed by atoms with Crippen molar-refractivity contribution in [3.8, 4) is 10.6 Å². The second-order valence-corrected chi connectivity index (χ2v) is 6.43. The average Bonchev–Trinajstić information content (AvgIpc) is 2.86. The summed E-state index contributed by atoms with van der Waals surface area (Å²) in [5.74, 6) is 1.01. The van der Waals surface area contributed by atoms with E-state index in [0.717, 1.165) is 47.0 Å². The lowest BCUT2D eigenvalue weighted by Crippen LogP contribution is -2.44. The number of nitrogens with zero attached hydrogens (tertiary/aromatic N) is 3. The number of piperazine rings is 1. The Hall–Kier alpha value is -0.980. The Morgan fingerprint density at radius 2 is 2.05 bits per heavy atom. The minimum Gasteiger partial charge on any atom is -0.352 e. The molecule has 1 aliphatic heterocycles. The zero-order valence-electron chi connectivity index (χ0n) is 10.7. The summed E-state index contributed by atoms with van der Waals surface area (Å²) in [4.78, 5) is 3.45. The number of hydrogen-bond acceptors (Lipinski definition) is 5. The van der Waals surface area contributed by atoms with Crippen LogP contribution < -0.4 is 10.2 Å². The Bertz CT molecular complexity index is 578. The first-order valence-electron chi connectivity index (χ1n) is 6.28. The molecule has 19 heavy (non-hydrogen) atoms. The topological polar surface area (TPSA) is 41.1 Å². The molecule has 100 valence electrons. The molecule has 4 nitrogen and oxygen atoms in total. The fourth-order valence-electron chi connectivity index (χ4n) is 2.24. The normalized spacial score (nSPS) is 15.8. The van der Waals surface area contributed by atoms with Crippen molar-refractivity contribution in [2.45, 2.75) is 6.92 Å². The first-order chi connectivity index (χ1) is 9.24. The standard InChI is InChI=1S/C13H15BrN4S/c1-9-6-11(12-7-10(14)8-19-12)16-17-13(9)18-4-2-15-3-5-18/h6-8,15H,2-5H2,1H3. The highest BCUT2D eigenvalue weighted by atomic mass is 79.9. The maximum absolute atomic E-state index is 4.43. The van der Waals surface area contributed by atoms with Crippen molar-refractivity contribution in [3.63, 3.8) is 0 Å². The minimum absolute atomic E-state index is 0.951. The van der Waals surface area contributed by atoms with Gasteiger partial charge in [0.05, 0.1) is 4.88 Å². The third kappa shape index (κ3) is 2.80. The van der Waals surface area contributed by atoms with Gasteiger partial charge in [-0.15, -0.1) is 21.5 Å². The fourth-order valence-corrected chi connectivity index (χ4v) is 3.62. The van der Waals surface area contributed by atoms with E-state index in [9.17, 15) is 0 Å². The van der Waals surface area contributed by atoms with E-state index in [1.807, 2.05) is 0 Å². The molecule has 0 bridgehead atoms.